The van der Waals surface area contributed by atoms with Crippen molar-refractivity contribution in [2.24, 2.45) is 5.73 Å². The van der Waals surface area contributed by atoms with Crippen LogP contribution in [-0.2, 0) is 27.4 Å². The van der Waals surface area contributed by atoms with Gasteiger partial charge < -0.3 is 20.5 Å². The molecule has 0 saturated carbocycles. The maximum Gasteiger partial charge on any atom is 0.125 e. The van der Waals surface area contributed by atoms with Gasteiger partial charge in [-0.3, -0.25) is 9.52 Å². The molecule has 0 amide bonds. The molecule has 21 heavy (non-hydrogen) atoms. The number of rotatable bonds is 13. The predicted octanol–water partition coefficient (Wildman–Crippen LogP) is -1.49. The Bertz CT molecular complexity index is 357. The van der Waals surface area contributed by atoms with Gasteiger partial charge >= 0.3 is 0 Å². The standard InChI is InChI=1S/C12H26N6O3/c1-19-9-12(10-20-2)21-15-7-11-8-18(17-16-11)6-5-14-4-3-13/h8,12,14-15H,3-7,9-10,13H2,1-2H3. The van der Waals surface area contributed by atoms with Crippen LogP contribution in [0.1, 0.15) is 5.69 Å². The van der Waals surface area contributed by atoms with Gasteiger partial charge in [-0.15, -0.1) is 5.10 Å². The predicted molar refractivity (Wildman–Crippen MR) is 77.4 cm³/mol. The first-order valence-electron chi connectivity index (χ1n) is 6.96. The first kappa shape index (κ1) is 18.0. The molecule has 1 aromatic heterocycles. The molecule has 9 nitrogen and oxygen atoms in total. The zero-order valence-corrected chi connectivity index (χ0v) is 12.7. The van der Waals surface area contributed by atoms with Crippen molar-refractivity contribution in [3.05, 3.63) is 11.9 Å². The van der Waals surface area contributed by atoms with E-state index in [1.54, 1.807) is 18.9 Å². The Kier molecular flexibility index (Phi) is 9.87. The number of hydrogen-bond donors (Lipinski definition) is 3. The third-order valence-corrected chi connectivity index (χ3v) is 2.63. The number of hydrogen-bond acceptors (Lipinski definition) is 8. The molecule has 0 saturated heterocycles. The summed E-state index contributed by atoms with van der Waals surface area (Å²) in [6.45, 7) is 4.39. The lowest BCUT2D eigenvalue weighted by Crippen LogP contribution is -2.31. The van der Waals surface area contributed by atoms with Gasteiger partial charge in [0.25, 0.3) is 0 Å². The van der Waals surface area contributed by atoms with E-state index < -0.39 is 0 Å². The lowest BCUT2D eigenvalue weighted by molar-refractivity contribution is -0.0902. The Morgan fingerprint density at radius 3 is 2.71 bits per heavy atom. The number of ether oxygens (including phenoxy) is 2. The van der Waals surface area contributed by atoms with E-state index >= 15 is 0 Å². The Labute approximate surface area is 125 Å². The Morgan fingerprint density at radius 1 is 1.29 bits per heavy atom. The van der Waals surface area contributed by atoms with Crippen molar-refractivity contribution in [3.63, 3.8) is 0 Å². The monoisotopic (exact) mass is 302 g/mol. The quantitative estimate of drug-likeness (QED) is 0.299. The van der Waals surface area contributed by atoms with Crippen LogP contribution in [-0.4, -0.2) is 68.2 Å². The largest absolute Gasteiger partial charge is 0.382 e. The molecule has 0 aliphatic rings. The van der Waals surface area contributed by atoms with Crippen LogP contribution >= 0.6 is 0 Å². The van der Waals surface area contributed by atoms with Crippen molar-refractivity contribution in [1.82, 2.24) is 25.8 Å². The van der Waals surface area contributed by atoms with Gasteiger partial charge in [-0.05, 0) is 0 Å². The molecule has 0 aliphatic heterocycles. The molecule has 1 aromatic rings. The van der Waals surface area contributed by atoms with Crippen molar-refractivity contribution < 1.29 is 14.3 Å². The van der Waals surface area contributed by atoms with Gasteiger partial charge in [0, 0.05) is 40.1 Å². The maximum atomic E-state index is 5.45. The summed E-state index contributed by atoms with van der Waals surface area (Å²) in [6.07, 6.45) is 1.72. The van der Waals surface area contributed by atoms with E-state index in [-0.39, 0.29) is 6.10 Å². The van der Waals surface area contributed by atoms with E-state index in [0.29, 0.717) is 26.3 Å². The van der Waals surface area contributed by atoms with Gasteiger partial charge in [0.2, 0.25) is 0 Å². The molecule has 0 radical (unpaired) electrons. The molecule has 0 unspecified atom stereocenters. The van der Waals surface area contributed by atoms with Crippen LogP contribution in [0.2, 0.25) is 0 Å². The first-order chi connectivity index (χ1) is 10.3. The smallest absolute Gasteiger partial charge is 0.125 e. The highest BCUT2D eigenvalue weighted by atomic mass is 16.7. The van der Waals surface area contributed by atoms with Crippen LogP contribution in [0.4, 0.5) is 0 Å². The van der Waals surface area contributed by atoms with Crippen molar-refractivity contribution in [3.8, 4) is 0 Å². The zero-order chi connectivity index (χ0) is 15.3. The molecule has 0 aliphatic carbocycles. The molecule has 9 heteroatoms. The third kappa shape index (κ3) is 8.05. The molecule has 0 bridgehead atoms. The second-order valence-corrected chi connectivity index (χ2v) is 4.48. The summed E-state index contributed by atoms with van der Waals surface area (Å²) in [6, 6.07) is 0. The van der Waals surface area contributed by atoms with Crippen LogP contribution in [0, 0.1) is 0 Å². The van der Waals surface area contributed by atoms with Crippen molar-refractivity contribution in [2.75, 3.05) is 47.1 Å². The fourth-order valence-corrected chi connectivity index (χ4v) is 1.67. The highest BCUT2D eigenvalue weighted by Gasteiger charge is 2.09. The fourth-order valence-electron chi connectivity index (χ4n) is 1.67. The average molecular weight is 302 g/mol. The SMILES string of the molecule is COCC(COC)ONCc1cn(CCNCCN)nn1. The molecule has 122 valence electrons. The fraction of sp³-hybridized carbons (Fsp3) is 0.833. The topological polar surface area (TPSA) is 108 Å². The summed E-state index contributed by atoms with van der Waals surface area (Å²) >= 11 is 0. The Hall–Kier alpha value is -1.10. The minimum Gasteiger partial charge on any atom is -0.382 e. The second kappa shape index (κ2) is 11.5. The number of nitrogens with one attached hydrogen (secondary N) is 2. The van der Waals surface area contributed by atoms with Gasteiger partial charge in [-0.2, -0.15) is 5.48 Å². The third-order valence-electron chi connectivity index (χ3n) is 2.63. The average Bonchev–Trinajstić information content (AvgIpc) is 2.92. The molecule has 1 heterocycles. The van der Waals surface area contributed by atoms with Gasteiger partial charge in [0.05, 0.1) is 32.0 Å². The lowest BCUT2D eigenvalue weighted by atomic mass is 10.4. The number of nitrogens with two attached hydrogens (primary N) is 1. The second-order valence-electron chi connectivity index (χ2n) is 4.48. The van der Waals surface area contributed by atoms with Crippen LogP contribution in [0.25, 0.3) is 0 Å². The molecule has 4 N–H and O–H groups in total. The first-order valence-corrected chi connectivity index (χ1v) is 6.96. The van der Waals surface area contributed by atoms with E-state index in [4.69, 9.17) is 20.0 Å². The summed E-state index contributed by atoms with van der Waals surface area (Å²) in [5.74, 6) is 0. The van der Waals surface area contributed by atoms with E-state index in [0.717, 1.165) is 25.3 Å². The van der Waals surface area contributed by atoms with Crippen LogP contribution in [0.5, 0.6) is 0 Å². The number of hydroxylamine groups is 1. The molecule has 0 spiro atoms. The van der Waals surface area contributed by atoms with E-state index in [9.17, 15) is 0 Å². The summed E-state index contributed by atoms with van der Waals surface area (Å²) in [7, 11) is 3.24. The molecular formula is C12H26N6O3. The van der Waals surface area contributed by atoms with Crippen molar-refractivity contribution in [1.29, 1.82) is 0 Å². The van der Waals surface area contributed by atoms with Gasteiger partial charge in [0.15, 0.2) is 0 Å². The minimum atomic E-state index is -0.157. The summed E-state index contributed by atoms with van der Waals surface area (Å²) in [5, 5.41) is 11.3. The zero-order valence-electron chi connectivity index (χ0n) is 12.7. The van der Waals surface area contributed by atoms with E-state index in [1.807, 2.05) is 6.20 Å². The van der Waals surface area contributed by atoms with Crippen molar-refractivity contribution >= 4 is 0 Å². The highest BCUT2D eigenvalue weighted by Crippen LogP contribution is 1.95. The van der Waals surface area contributed by atoms with Gasteiger partial charge in [-0.25, -0.2) is 0 Å². The van der Waals surface area contributed by atoms with Crippen LogP contribution < -0.4 is 16.5 Å². The summed E-state index contributed by atoms with van der Waals surface area (Å²) < 4.78 is 11.8. The molecule has 1 rings (SSSR count). The van der Waals surface area contributed by atoms with Gasteiger partial charge in [0.1, 0.15) is 6.10 Å². The number of nitrogens with zero attached hydrogens (tertiary/aromatic N) is 3. The Balaban J connectivity index is 2.21. The summed E-state index contributed by atoms with van der Waals surface area (Å²) in [4.78, 5) is 5.45. The van der Waals surface area contributed by atoms with Crippen LogP contribution in [0.15, 0.2) is 6.20 Å². The Morgan fingerprint density at radius 2 is 2.05 bits per heavy atom. The maximum absolute atomic E-state index is 5.45. The molecule has 0 atom stereocenters. The van der Waals surface area contributed by atoms with E-state index in [1.165, 1.54) is 0 Å². The molecular weight excluding hydrogens is 276 g/mol. The highest BCUT2D eigenvalue weighted by molar-refractivity contribution is 4.90. The summed E-state index contributed by atoms with van der Waals surface area (Å²) in [5.41, 5.74) is 9.06. The molecule has 0 aromatic carbocycles. The van der Waals surface area contributed by atoms with Gasteiger partial charge in [-0.1, -0.05) is 5.21 Å². The molecule has 0 fully saturated rings. The van der Waals surface area contributed by atoms with Crippen LogP contribution in [0.3, 0.4) is 0 Å². The van der Waals surface area contributed by atoms with Crippen molar-refractivity contribution in [2.45, 2.75) is 19.2 Å². The normalized spacial score (nSPS) is 11.4. The number of aromatic nitrogens is 3. The van der Waals surface area contributed by atoms with E-state index in [2.05, 4.69) is 21.1 Å². The number of methoxy groups -OCH3 is 2. The lowest BCUT2D eigenvalue weighted by Gasteiger charge is -2.15. The minimum absolute atomic E-state index is 0.157.